The lowest BCUT2D eigenvalue weighted by molar-refractivity contribution is -0.129. The number of amides is 1. The quantitative estimate of drug-likeness (QED) is 0.510. The van der Waals surface area contributed by atoms with E-state index in [4.69, 9.17) is 4.74 Å². The number of hydrogen-bond acceptors (Lipinski definition) is 5. The van der Waals surface area contributed by atoms with Gasteiger partial charge in [-0.3, -0.25) is 9.59 Å². The molecule has 2 heterocycles. The molecule has 1 amide bonds. The molecule has 1 aliphatic heterocycles. The van der Waals surface area contributed by atoms with E-state index in [1.54, 1.807) is 22.4 Å². The number of Topliss-reactive ketones (excluding diaryl/α,β-unsaturated/α-hetero) is 1. The molecule has 1 unspecified atom stereocenters. The van der Waals surface area contributed by atoms with Crippen LogP contribution in [0.3, 0.4) is 0 Å². The van der Waals surface area contributed by atoms with Crippen molar-refractivity contribution in [3.63, 3.8) is 0 Å². The topological polar surface area (TPSA) is 66.8 Å². The Balaban J connectivity index is 1.73. The van der Waals surface area contributed by atoms with Gasteiger partial charge in [0, 0.05) is 6.54 Å². The average molecular weight is 434 g/mol. The van der Waals surface area contributed by atoms with E-state index in [2.05, 4.69) is 0 Å². The first-order valence-corrected chi connectivity index (χ1v) is 11.1. The molecule has 158 valence electrons. The largest absolute Gasteiger partial charge is 0.503 e. The first-order chi connectivity index (χ1) is 15.1. The summed E-state index contributed by atoms with van der Waals surface area (Å²) in [5.41, 5.74) is 1.93. The fourth-order valence-electron chi connectivity index (χ4n) is 3.84. The van der Waals surface area contributed by atoms with E-state index in [0.717, 1.165) is 11.1 Å². The lowest BCUT2D eigenvalue weighted by atomic mass is 9.95. The van der Waals surface area contributed by atoms with Crippen molar-refractivity contribution >= 4 is 23.0 Å². The van der Waals surface area contributed by atoms with E-state index in [1.165, 1.54) is 11.3 Å². The van der Waals surface area contributed by atoms with Gasteiger partial charge < -0.3 is 14.7 Å². The summed E-state index contributed by atoms with van der Waals surface area (Å²) in [6, 6.07) is 20.0. The van der Waals surface area contributed by atoms with Crippen LogP contribution in [0.1, 0.15) is 33.8 Å². The lowest BCUT2D eigenvalue weighted by Gasteiger charge is -2.27. The van der Waals surface area contributed by atoms with Crippen LogP contribution in [-0.4, -0.2) is 34.8 Å². The molecule has 1 atom stereocenters. The third-order valence-electron chi connectivity index (χ3n) is 5.26. The molecule has 0 spiro atoms. The van der Waals surface area contributed by atoms with E-state index < -0.39 is 17.7 Å². The molecular formula is C25H23NO4S. The van der Waals surface area contributed by atoms with Crippen molar-refractivity contribution in [2.75, 3.05) is 13.2 Å². The standard InChI is InChI=1S/C25H23NO4S/c1-2-30-19-11-6-10-18(16-19)22-21(23(27)20-12-7-15-31-20)24(28)25(29)26(22)14-13-17-8-4-3-5-9-17/h3-12,15-16,22,28H,2,13-14H2,1H3. The molecule has 6 heteroatoms. The molecule has 1 N–H and O–H groups in total. The molecule has 0 fully saturated rings. The van der Waals surface area contributed by atoms with Crippen LogP contribution in [0.15, 0.2) is 83.4 Å². The summed E-state index contributed by atoms with van der Waals surface area (Å²) in [6.07, 6.45) is 0.613. The average Bonchev–Trinajstić information content (AvgIpc) is 3.41. The number of carbonyl (C=O) groups is 2. The van der Waals surface area contributed by atoms with Crippen molar-refractivity contribution in [3.05, 3.63) is 99.4 Å². The van der Waals surface area contributed by atoms with Gasteiger partial charge in [0.25, 0.3) is 5.91 Å². The van der Waals surface area contributed by atoms with Crippen LogP contribution in [-0.2, 0) is 11.2 Å². The summed E-state index contributed by atoms with van der Waals surface area (Å²) >= 11 is 1.29. The molecule has 31 heavy (non-hydrogen) atoms. The van der Waals surface area contributed by atoms with Crippen LogP contribution in [0.5, 0.6) is 5.75 Å². The molecule has 2 aromatic carbocycles. The van der Waals surface area contributed by atoms with Gasteiger partial charge in [-0.05, 0) is 48.1 Å². The molecule has 1 aromatic heterocycles. The number of thiophene rings is 1. The van der Waals surface area contributed by atoms with E-state index >= 15 is 0 Å². The van der Waals surface area contributed by atoms with Gasteiger partial charge in [-0.15, -0.1) is 11.3 Å². The zero-order chi connectivity index (χ0) is 21.8. The number of nitrogens with zero attached hydrogens (tertiary/aromatic N) is 1. The SMILES string of the molecule is CCOc1cccc(C2C(C(=O)c3cccs3)=C(O)C(=O)N2CCc2ccccc2)c1. The third kappa shape index (κ3) is 4.25. The third-order valence-corrected chi connectivity index (χ3v) is 6.13. The second kappa shape index (κ2) is 9.18. The molecular weight excluding hydrogens is 410 g/mol. The number of hydrogen-bond donors (Lipinski definition) is 1. The van der Waals surface area contributed by atoms with Crippen molar-refractivity contribution in [1.82, 2.24) is 4.90 Å². The maximum absolute atomic E-state index is 13.3. The van der Waals surface area contributed by atoms with Crippen molar-refractivity contribution in [1.29, 1.82) is 0 Å². The number of aliphatic hydroxyl groups is 1. The Hall–Kier alpha value is -3.38. The first-order valence-electron chi connectivity index (χ1n) is 10.2. The van der Waals surface area contributed by atoms with E-state index in [1.807, 2.05) is 61.5 Å². The van der Waals surface area contributed by atoms with Gasteiger partial charge in [0.1, 0.15) is 5.75 Å². The normalized spacial score (nSPS) is 16.1. The number of benzene rings is 2. The van der Waals surface area contributed by atoms with Gasteiger partial charge in [0.15, 0.2) is 5.76 Å². The second-order valence-electron chi connectivity index (χ2n) is 7.21. The van der Waals surface area contributed by atoms with Crippen molar-refractivity contribution in [3.8, 4) is 5.75 Å². The van der Waals surface area contributed by atoms with Crippen molar-refractivity contribution in [2.45, 2.75) is 19.4 Å². The number of aliphatic hydroxyl groups excluding tert-OH is 1. The second-order valence-corrected chi connectivity index (χ2v) is 8.16. The molecule has 0 bridgehead atoms. The lowest BCUT2D eigenvalue weighted by Crippen LogP contribution is -2.33. The molecule has 0 saturated carbocycles. The number of ether oxygens (including phenoxy) is 1. The minimum atomic E-state index is -0.675. The minimum Gasteiger partial charge on any atom is -0.503 e. The monoisotopic (exact) mass is 433 g/mol. The van der Waals surface area contributed by atoms with E-state index in [-0.39, 0.29) is 11.4 Å². The number of ketones is 1. The first kappa shape index (κ1) is 20.9. The summed E-state index contributed by atoms with van der Waals surface area (Å²) in [4.78, 5) is 28.4. The summed E-state index contributed by atoms with van der Waals surface area (Å²) in [6.45, 7) is 2.78. The Labute approximate surface area is 185 Å². The number of carbonyl (C=O) groups excluding carboxylic acids is 2. The summed E-state index contributed by atoms with van der Waals surface area (Å²) in [5, 5.41) is 12.5. The van der Waals surface area contributed by atoms with Crippen LogP contribution in [0.25, 0.3) is 0 Å². The molecule has 0 radical (unpaired) electrons. The van der Waals surface area contributed by atoms with Crippen LogP contribution in [0, 0.1) is 0 Å². The highest BCUT2D eigenvalue weighted by Gasteiger charge is 2.43. The van der Waals surface area contributed by atoms with Gasteiger partial charge in [-0.1, -0.05) is 48.5 Å². The maximum atomic E-state index is 13.3. The van der Waals surface area contributed by atoms with Crippen LogP contribution in [0.4, 0.5) is 0 Å². The fourth-order valence-corrected chi connectivity index (χ4v) is 4.52. The van der Waals surface area contributed by atoms with Crippen LogP contribution >= 0.6 is 11.3 Å². The van der Waals surface area contributed by atoms with E-state index in [9.17, 15) is 14.7 Å². The Kier molecular flexibility index (Phi) is 6.18. The highest BCUT2D eigenvalue weighted by atomic mass is 32.1. The fraction of sp³-hybridized carbons (Fsp3) is 0.200. The Bertz CT molecular complexity index is 1110. The molecule has 4 rings (SSSR count). The Morgan fingerprint density at radius 3 is 2.61 bits per heavy atom. The molecule has 3 aromatic rings. The number of rotatable bonds is 8. The predicted molar refractivity (Wildman–Crippen MR) is 121 cm³/mol. The van der Waals surface area contributed by atoms with Crippen LogP contribution in [0.2, 0.25) is 0 Å². The van der Waals surface area contributed by atoms with Gasteiger partial charge in [-0.2, -0.15) is 0 Å². The summed E-state index contributed by atoms with van der Waals surface area (Å²) in [7, 11) is 0. The van der Waals surface area contributed by atoms with Crippen molar-refractivity contribution < 1.29 is 19.4 Å². The minimum absolute atomic E-state index is 0.120. The zero-order valence-corrected chi connectivity index (χ0v) is 18.0. The molecule has 1 aliphatic rings. The van der Waals surface area contributed by atoms with Gasteiger partial charge in [-0.25, -0.2) is 0 Å². The predicted octanol–water partition coefficient (Wildman–Crippen LogP) is 4.97. The highest BCUT2D eigenvalue weighted by Crippen LogP contribution is 2.40. The maximum Gasteiger partial charge on any atom is 0.290 e. The smallest absolute Gasteiger partial charge is 0.290 e. The molecule has 5 nitrogen and oxygen atoms in total. The van der Waals surface area contributed by atoms with Gasteiger partial charge >= 0.3 is 0 Å². The van der Waals surface area contributed by atoms with Gasteiger partial charge in [0.2, 0.25) is 5.78 Å². The van der Waals surface area contributed by atoms with E-state index in [0.29, 0.717) is 30.2 Å². The zero-order valence-electron chi connectivity index (χ0n) is 17.2. The summed E-state index contributed by atoms with van der Waals surface area (Å²) < 4.78 is 5.63. The Morgan fingerprint density at radius 2 is 1.90 bits per heavy atom. The van der Waals surface area contributed by atoms with Crippen molar-refractivity contribution in [2.24, 2.45) is 0 Å². The Morgan fingerprint density at radius 1 is 1.10 bits per heavy atom. The van der Waals surface area contributed by atoms with Gasteiger partial charge in [0.05, 0.1) is 23.1 Å². The highest BCUT2D eigenvalue weighted by molar-refractivity contribution is 7.12. The van der Waals surface area contributed by atoms with Crippen LogP contribution < -0.4 is 4.74 Å². The molecule has 0 aliphatic carbocycles. The summed E-state index contributed by atoms with van der Waals surface area (Å²) in [5.74, 6) is -0.666. The molecule has 0 saturated heterocycles.